The molecule has 0 atom stereocenters. The van der Waals surface area contributed by atoms with Crippen molar-refractivity contribution in [2.45, 2.75) is 0 Å². The minimum absolute atomic E-state index is 0.237. The fourth-order valence-corrected chi connectivity index (χ4v) is 2.62. The Kier molecular flexibility index (Phi) is 5.02. The van der Waals surface area contributed by atoms with Crippen LogP contribution in [0.4, 0.5) is 5.88 Å². The molecule has 0 amide bonds. The van der Waals surface area contributed by atoms with Crippen molar-refractivity contribution >= 4 is 18.3 Å². The van der Waals surface area contributed by atoms with Gasteiger partial charge in [-0.05, 0) is 30.3 Å². The summed E-state index contributed by atoms with van der Waals surface area (Å²) < 4.78 is 6.76. The van der Waals surface area contributed by atoms with E-state index in [1.54, 1.807) is 23.3 Å². The number of rotatable bonds is 6. The molecule has 0 radical (unpaired) electrons. The first-order chi connectivity index (χ1) is 14.2. The fraction of sp³-hybridized carbons (Fsp3) is 0. The highest BCUT2D eigenvalue weighted by Gasteiger charge is 2.12. The summed E-state index contributed by atoms with van der Waals surface area (Å²) in [6.45, 7) is 0. The number of hydrogen-bond donors (Lipinski definition) is 0. The molecule has 0 spiro atoms. The van der Waals surface area contributed by atoms with Crippen LogP contribution < -0.4 is 0 Å². The minimum Gasteiger partial charge on any atom is -0.400 e. The minimum atomic E-state index is -0.612. The molecule has 4 aromatic rings. The van der Waals surface area contributed by atoms with E-state index >= 15 is 0 Å². The molecule has 3 heterocycles. The van der Waals surface area contributed by atoms with E-state index in [1.807, 2.05) is 48.7 Å². The zero-order valence-electron chi connectivity index (χ0n) is 15.0. The monoisotopic (exact) mass is 386 g/mol. The van der Waals surface area contributed by atoms with E-state index in [9.17, 15) is 10.1 Å². The quantitative estimate of drug-likeness (QED) is 0.283. The fourth-order valence-electron chi connectivity index (χ4n) is 2.62. The van der Waals surface area contributed by atoms with Gasteiger partial charge in [0, 0.05) is 29.7 Å². The van der Waals surface area contributed by atoms with E-state index in [0.29, 0.717) is 5.69 Å². The Morgan fingerprint density at radius 3 is 2.59 bits per heavy atom. The first-order valence-electron chi connectivity index (χ1n) is 8.57. The number of benzene rings is 1. The topological polar surface area (TPSA) is 112 Å². The van der Waals surface area contributed by atoms with Crippen molar-refractivity contribution in [1.82, 2.24) is 14.8 Å². The summed E-state index contributed by atoms with van der Waals surface area (Å²) in [5.41, 5.74) is 3.19. The highest BCUT2D eigenvalue weighted by atomic mass is 16.6. The molecule has 9 nitrogen and oxygen atoms in total. The van der Waals surface area contributed by atoms with Crippen molar-refractivity contribution < 1.29 is 9.34 Å². The lowest BCUT2D eigenvalue weighted by Gasteiger charge is -1.99. The number of pyridine rings is 1. The lowest BCUT2D eigenvalue weighted by molar-refractivity contribution is -0.402. The summed E-state index contributed by atoms with van der Waals surface area (Å²) in [5.74, 6) is -0.111. The summed E-state index contributed by atoms with van der Waals surface area (Å²) in [6, 6.07) is 16.1. The van der Waals surface area contributed by atoms with Crippen molar-refractivity contribution in [3.8, 4) is 16.9 Å². The molecular weight excluding hydrogens is 372 g/mol. The Balaban J connectivity index is 1.63. The van der Waals surface area contributed by atoms with Crippen LogP contribution in [-0.4, -0.2) is 32.1 Å². The van der Waals surface area contributed by atoms with Gasteiger partial charge in [-0.2, -0.15) is 15.3 Å². The summed E-state index contributed by atoms with van der Waals surface area (Å²) in [7, 11) is 0. The molecular formula is C20H14N6O3. The van der Waals surface area contributed by atoms with Crippen LogP contribution in [0.2, 0.25) is 0 Å². The summed E-state index contributed by atoms with van der Waals surface area (Å²) in [5, 5.41) is 23.2. The van der Waals surface area contributed by atoms with Gasteiger partial charge < -0.3 is 4.42 Å². The average molecular weight is 386 g/mol. The molecule has 0 fully saturated rings. The van der Waals surface area contributed by atoms with Crippen molar-refractivity contribution in [2.75, 3.05) is 0 Å². The molecule has 3 aromatic heterocycles. The summed E-state index contributed by atoms with van der Waals surface area (Å²) in [6.07, 6.45) is 8.12. The van der Waals surface area contributed by atoms with Crippen LogP contribution >= 0.6 is 0 Å². The second-order valence-corrected chi connectivity index (χ2v) is 5.88. The van der Waals surface area contributed by atoms with Crippen LogP contribution in [0.25, 0.3) is 16.9 Å². The molecule has 0 saturated carbocycles. The maximum Gasteiger partial charge on any atom is 0.433 e. The first kappa shape index (κ1) is 18.0. The molecule has 0 aliphatic rings. The second kappa shape index (κ2) is 8.09. The van der Waals surface area contributed by atoms with Crippen LogP contribution in [0, 0.1) is 10.1 Å². The van der Waals surface area contributed by atoms with E-state index in [1.165, 1.54) is 18.3 Å². The standard InChI is InChI=1S/C20H14N6O3/c27-26(28)19-9-8-18(29-19)13-23-22-12-16-14-25(17-6-2-1-3-7-17)24-20(16)15-5-4-10-21-11-15/h1-14H/b22-12-,23-13-. The van der Waals surface area contributed by atoms with E-state index in [0.717, 1.165) is 16.8 Å². The second-order valence-electron chi connectivity index (χ2n) is 5.88. The number of para-hydroxylation sites is 1. The molecule has 0 bridgehead atoms. The summed E-state index contributed by atoms with van der Waals surface area (Å²) in [4.78, 5) is 14.2. The van der Waals surface area contributed by atoms with Gasteiger partial charge in [0.1, 0.15) is 10.6 Å². The normalized spacial score (nSPS) is 11.4. The largest absolute Gasteiger partial charge is 0.433 e. The zero-order chi connectivity index (χ0) is 20.1. The number of nitrogens with zero attached hydrogens (tertiary/aromatic N) is 6. The molecule has 0 unspecified atom stereocenters. The zero-order valence-corrected chi connectivity index (χ0v) is 15.0. The SMILES string of the molecule is O=[N+]([O-])c1ccc(/C=N\N=C/c2cn(-c3ccccc3)nc2-c2cccnc2)o1. The maximum absolute atomic E-state index is 10.6. The van der Waals surface area contributed by atoms with Crippen LogP contribution in [0.1, 0.15) is 11.3 Å². The molecule has 0 saturated heterocycles. The van der Waals surface area contributed by atoms with Crippen molar-refractivity contribution in [3.05, 3.63) is 94.6 Å². The maximum atomic E-state index is 10.6. The predicted octanol–water partition coefficient (Wildman–Crippen LogP) is 3.89. The molecule has 0 N–H and O–H groups in total. The van der Waals surface area contributed by atoms with E-state index in [4.69, 9.17) is 4.42 Å². The van der Waals surface area contributed by atoms with Crippen LogP contribution in [-0.2, 0) is 0 Å². The number of nitro groups is 1. The Hall–Kier alpha value is -4.40. The van der Waals surface area contributed by atoms with Gasteiger partial charge in [0.05, 0.1) is 24.2 Å². The van der Waals surface area contributed by atoms with E-state index in [-0.39, 0.29) is 11.6 Å². The highest BCUT2D eigenvalue weighted by Crippen LogP contribution is 2.22. The Labute approximate surface area is 164 Å². The third-order valence-corrected chi connectivity index (χ3v) is 3.94. The molecule has 0 aliphatic heterocycles. The van der Waals surface area contributed by atoms with Gasteiger partial charge in [0.15, 0.2) is 5.76 Å². The number of hydrogen-bond acceptors (Lipinski definition) is 7. The lowest BCUT2D eigenvalue weighted by Crippen LogP contribution is -1.94. The average Bonchev–Trinajstić information content (AvgIpc) is 3.40. The number of furan rings is 1. The van der Waals surface area contributed by atoms with Crippen LogP contribution in [0.15, 0.2) is 87.8 Å². The van der Waals surface area contributed by atoms with Crippen molar-refractivity contribution in [1.29, 1.82) is 0 Å². The molecule has 142 valence electrons. The molecule has 9 heteroatoms. The Morgan fingerprint density at radius 2 is 1.86 bits per heavy atom. The highest BCUT2D eigenvalue weighted by molar-refractivity contribution is 5.89. The van der Waals surface area contributed by atoms with Crippen LogP contribution in [0.5, 0.6) is 0 Å². The molecule has 1 aromatic carbocycles. The molecule has 29 heavy (non-hydrogen) atoms. The van der Waals surface area contributed by atoms with Gasteiger partial charge in [-0.15, -0.1) is 0 Å². The third kappa shape index (κ3) is 4.14. The smallest absolute Gasteiger partial charge is 0.400 e. The van der Waals surface area contributed by atoms with Crippen molar-refractivity contribution in [3.63, 3.8) is 0 Å². The summed E-state index contributed by atoms with van der Waals surface area (Å²) >= 11 is 0. The Bertz CT molecular complexity index is 1180. The van der Waals surface area contributed by atoms with Crippen LogP contribution in [0.3, 0.4) is 0 Å². The molecule has 0 aliphatic carbocycles. The lowest BCUT2D eigenvalue weighted by atomic mass is 10.1. The van der Waals surface area contributed by atoms with E-state index < -0.39 is 4.92 Å². The van der Waals surface area contributed by atoms with Gasteiger partial charge in [0.25, 0.3) is 0 Å². The van der Waals surface area contributed by atoms with Gasteiger partial charge in [-0.1, -0.05) is 18.2 Å². The van der Waals surface area contributed by atoms with Gasteiger partial charge in [-0.3, -0.25) is 15.1 Å². The molecule has 4 rings (SSSR count). The van der Waals surface area contributed by atoms with Gasteiger partial charge in [-0.25, -0.2) is 4.68 Å². The predicted molar refractivity (Wildman–Crippen MR) is 107 cm³/mol. The van der Waals surface area contributed by atoms with Crippen molar-refractivity contribution in [2.24, 2.45) is 10.2 Å². The van der Waals surface area contributed by atoms with Gasteiger partial charge in [0.2, 0.25) is 0 Å². The van der Waals surface area contributed by atoms with E-state index in [2.05, 4.69) is 20.3 Å². The number of aromatic nitrogens is 3. The Morgan fingerprint density at radius 1 is 1.03 bits per heavy atom. The first-order valence-corrected chi connectivity index (χ1v) is 8.57. The third-order valence-electron chi connectivity index (χ3n) is 3.94. The van der Waals surface area contributed by atoms with Gasteiger partial charge >= 0.3 is 5.88 Å².